The zero-order chi connectivity index (χ0) is 12.0. The third kappa shape index (κ3) is 4.68. The Morgan fingerprint density at radius 2 is 2.38 bits per heavy atom. The number of hydrogen-bond acceptors (Lipinski definition) is 2. The quantitative estimate of drug-likeness (QED) is 0.754. The molecule has 0 aliphatic heterocycles. The molecule has 0 aromatic carbocycles. The topological polar surface area (TPSA) is 54.1 Å². The Labute approximate surface area is 100 Å². The first kappa shape index (κ1) is 13.1. The van der Waals surface area contributed by atoms with Crippen molar-refractivity contribution in [3.63, 3.8) is 0 Å². The van der Waals surface area contributed by atoms with Gasteiger partial charge in [0.1, 0.15) is 5.69 Å². The molecule has 1 amide bonds. The molecule has 1 aromatic heterocycles. The fourth-order valence-corrected chi connectivity index (χ4v) is 1.35. The minimum Gasteiger partial charge on any atom is -0.379 e. The smallest absolute Gasteiger partial charge is 0.267 e. The second kappa shape index (κ2) is 6.55. The number of hydrogen-bond donors (Lipinski definition) is 2. The second-order valence-electron chi connectivity index (χ2n) is 3.76. The number of H-pyrrole nitrogens is 1. The van der Waals surface area contributed by atoms with E-state index in [9.17, 15) is 4.79 Å². The Hall–Kier alpha value is -1.00. The fourth-order valence-electron chi connectivity index (χ4n) is 1.19. The third-order valence-corrected chi connectivity index (χ3v) is 2.17. The first-order valence-electron chi connectivity index (χ1n) is 5.33. The van der Waals surface area contributed by atoms with Crippen LogP contribution in [0.4, 0.5) is 0 Å². The van der Waals surface area contributed by atoms with Crippen LogP contribution in [-0.4, -0.2) is 30.1 Å². The van der Waals surface area contributed by atoms with Crippen molar-refractivity contribution in [2.45, 2.75) is 26.4 Å². The van der Waals surface area contributed by atoms with Gasteiger partial charge in [0.05, 0.1) is 11.1 Å². The number of amides is 1. The van der Waals surface area contributed by atoms with E-state index >= 15 is 0 Å². The number of aromatic amines is 1. The van der Waals surface area contributed by atoms with Crippen LogP contribution in [0, 0.1) is 0 Å². The van der Waals surface area contributed by atoms with Crippen LogP contribution in [0.25, 0.3) is 0 Å². The van der Waals surface area contributed by atoms with Crippen LogP contribution in [-0.2, 0) is 4.74 Å². The van der Waals surface area contributed by atoms with Crippen molar-refractivity contribution in [3.8, 4) is 0 Å². The average Bonchev–Trinajstić information content (AvgIpc) is 2.63. The minimum atomic E-state index is -0.142. The molecule has 0 radical (unpaired) electrons. The number of halogens is 1. The standard InChI is InChI=1S/C11H17ClN2O2/c1-8(2)16-5-3-4-13-11(15)10-6-9(12)7-14-10/h6-8,14H,3-5H2,1-2H3,(H,13,15). The summed E-state index contributed by atoms with van der Waals surface area (Å²) < 4.78 is 5.35. The van der Waals surface area contributed by atoms with Gasteiger partial charge in [0.2, 0.25) is 0 Å². The van der Waals surface area contributed by atoms with Gasteiger partial charge in [-0.2, -0.15) is 0 Å². The highest BCUT2D eigenvalue weighted by molar-refractivity contribution is 6.30. The molecule has 0 aliphatic carbocycles. The molecule has 4 nitrogen and oxygen atoms in total. The van der Waals surface area contributed by atoms with Gasteiger partial charge in [-0.1, -0.05) is 11.6 Å². The monoisotopic (exact) mass is 244 g/mol. The Morgan fingerprint density at radius 1 is 1.62 bits per heavy atom. The van der Waals surface area contributed by atoms with Crippen LogP contribution in [0.3, 0.4) is 0 Å². The van der Waals surface area contributed by atoms with E-state index in [-0.39, 0.29) is 12.0 Å². The van der Waals surface area contributed by atoms with Crippen LogP contribution in [0.15, 0.2) is 12.3 Å². The van der Waals surface area contributed by atoms with E-state index in [1.54, 1.807) is 12.3 Å². The highest BCUT2D eigenvalue weighted by Gasteiger charge is 2.06. The molecule has 90 valence electrons. The molecular weight excluding hydrogens is 228 g/mol. The molecule has 2 N–H and O–H groups in total. The lowest BCUT2D eigenvalue weighted by Gasteiger charge is -2.07. The third-order valence-electron chi connectivity index (χ3n) is 1.95. The van der Waals surface area contributed by atoms with Gasteiger partial charge in [-0.3, -0.25) is 4.79 Å². The van der Waals surface area contributed by atoms with Gasteiger partial charge in [0.15, 0.2) is 0 Å². The summed E-state index contributed by atoms with van der Waals surface area (Å²) in [6, 6.07) is 1.60. The summed E-state index contributed by atoms with van der Waals surface area (Å²) in [7, 11) is 0. The van der Waals surface area contributed by atoms with Gasteiger partial charge < -0.3 is 15.0 Å². The van der Waals surface area contributed by atoms with E-state index in [4.69, 9.17) is 16.3 Å². The highest BCUT2D eigenvalue weighted by atomic mass is 35.5. The number of aromatic nitrogens is 1. The predicted molar refractivity (Wildman–Crippen MR) is 63.8 cm³/mol. The Balaban J connectivity index is 2.16. The SMILES string of the molecule is CC(C)OCCCNC(=O)c1cc(Cl)c[nH]1. The largest absolute Gasteiger partial charge is 0.379 e. The van der Waals surface area contributed by atoms with Gasteiger partial charge in [-0.05, 0) is 26.3 Å². The summed E-state index contributed by atoms with van der Waals surface area (Å²) >= 11 is 5.69. The lowest BCUT2D eigenvalue weighted by atomic mass is 10.3. The molecule has 0 unspecified atom stereocenters. The zero-order valence-corrected chi connectivity index (χ0v) is 10.3. The van der Waals surface area contributed by atoms with E-state index in [2.05, 4.69) is 10.3 Å². The van der Waals surface area contributed by atoms with Crippen molar-refractivity contribution < 1.29 is 9.53 Å². The summed E-state index contributed by atoms with van der Waals surface area (Å²) in [5, 5.41) is 3.31. The molecule has 1 heterocycles. The molecular formula is C11H17ClN2O2. The van der Waals surface area contributed by atoms with Crippen molar-refractivity contribution >= 4 is 17.5 Å². The molecule has 1 aromatic rings. The van der Waals surface area contributed by atoms with Crippen molar-refractivity contribution in [2.75, 3.05) is 13.2 Å². The zero-order valence-electron chi connectivity index (χ0n) is 9.55. The molecule has 0 fully saturated rings. The molecule has 16 heavy (non-hydrogen) atoms. The molecule has 0 spiro atoms. The van der Waals surface area contributed by atoms with Crippen molar-refractivity contribution in [2.24, 2.45) is 0 Å². The van der Waals surface area contributed by atoms with Crippen molar-refractivity contribution in [1.29, 1.82) is 0 Å². The Kier molecular flexibility index (Phi) is 5.35. The summed E-state index contributed by atoms with van der Waals surface area (Å²) in [5.74, 6) is -0.142. The first-order chi connectivity index (χ1) is 7.59. The lowest BCUT2D eigenvalue weighted by Crippen LogP contribution is -2.25. The molecule has 0 saturated carbocycles. The molecule has 1 rings (SSSR count). The van der Waals surface area contributed by atoms with Crippen molar-refractivity contribution in [3.05, 3.63) is 23.0 Å². The second-order valence-corrected chi connectivity index (χ2v) is 4.20. The number of rotatable bonds is 6. The fraction of sp³-hybridized carbons (Fsp3) is 0.545. The van der Waals surface area contributed by atoms with Gasteiger partial charge in [-0.25, -0.2) is 0 Å². The van der Waals surface area contributed by atoms with Crippen LogP contribution in [0.1, 0.15) is 30.8 Å². The summed E-state index contributed by atoms with van der Waals surface area (Å²) in [6.07, 6.45) is 2.62. The van der Waals surface area contributed by atoms with Gasteiger partial charge in [0, 0.05) is 19.3 Å². The molecule has 0 bridgehead atoms. The van der Waals surface area contributed by atoms with Crippen LogP contribution < -0.4 is 5.32 Å². The van der Waals surface area contributed by atoms with Crippen LogP contribution >= 0.6 is 11.6 Å². The minimum absolute atomic E-state index is 0.142. The van der Waals surface area contributed by atoms with Gasteiger partial charge in [-0.15, -0.1) is 0 Å². The number of nitrogens with one attached hydrogen (secondary N) is 2. The van der Waals surface area contributed by atoms with Gasteiger partial charge in [0.25, 0.3) is 5.91 Å². The van der Waals surface area contributed by atoms with Crippen molar-refractivity contribution in [1.82, 2.24) is 10.3 Å². The number of ether oxygens (including phenoxy) is 1. The molecule has 5 heteroatoms. The first-order valence-corrected chi connectivity index (χ1v) is 5.71. The summed E-state index contributed by atoms with van der Waals surface area (Å²) in [4.78, 5) is 14.3. The van der Waals surface area contributed by atoms with E-state index in [0.717, 1.165) is 6.42 Å². The predicted octanol–water partition coefficient (Wildman–Crippen LogP) is 2.21. The number of carbonyl (C=O) groups is 1. The van der Waals surface area contributed by atoms with Crippen LogP contribution in [0.5, 0.6) is 0 Å². The van der Waals surface area contributed by atoms with E-state index in [0.29, 0.717) is 23.9 Å². The average molecular weight is 245 g/mol. The molecule has 0 aliphatic rings. The molecule has 0 atom stereocenters. The Morgan fingerprint density at radius 3 is 2.94 bits per heavy atom. The van der Waals surface area contributed by atoms with Gasteiger partial charge >= 0.3 is 0 Å². The lowest BCUT2D eigenvalue weighted by molar-refractivity contribution is 0.0756. The number of carbonyl (C=O) groups excluding carboxylic acids is 1. The Bertz CT molecular complexity index is 336. The summed E-state index contributed by atoms with van der Waals surface area (Å²) in [6.45, 7) is 5.23. The van der Waals surface area contributed by atoms with Crippen LogP contribution in [0.2, 0.25) is 5.02 Å². The highest BCUT2D eigenvalue weighted by Crippen LogP contribution is 2.08. The normalized spacial score (nSPS) is 10.8. The maximum absolute atomic E-state index is 11.5. The van der Waals surface area contributed by atoms with E-state index < -0.39 is 0 Å². The maximum Gasteiger partial charge on any atom is 0.267 e. The van der Waals surface area contributed by atoms with E-state index in [1.165, 1.54) is 0 Å². The molecule has 0 saturated heterocycles. The maximum atomic E-state index is 11.5. The van der Waals surface area contributed by atoms with E-state index in [1.807, 2.05) is 13.8 Å². The summed E-state index contributed by atoms with van der Waals surface area (Å²) in [5.41, 5.74) is 0.481.